The van der Waals surface area contributed by atoms with Gasteiger partial charge in [0, 0.05) is 17.8 Å². The van der Waals surface area contributed by atoms with Gasteiger partial charge in [-0.3, -0.25) is 13.8 Å². The van der Waals surface area contributed by atoms with E-state index < -0.39 is 0 Å². The molecule has 1 saturated heterocycles. The van der Waals surface area contributed by atoms with Gasteiger partial charge in [0.15, 0.2) is 11.6 Å². The largest absolute Gasteiger partial charge is 0.490 e. The average Bonchev–Trinajstić information content (AvgIpc) is 3.34. The molecule has 6 rings (SSSR count). The lowest BCUT2D eigenvalue weighted by molar-refractivity contribution is 0.159. The third kappa shape index (κ3) is 4.87. The Balaban J connectivity index is 1.25. The summed E-state index contributed by atoms with van der Waals surface area (Å²) in [4.78, 5) is 29.2. The van der Waals surface area contributed by atoms with Gasteiger partial charge in [-0.1, -0.05) is 18.2 Å². The van der Waals surface area contributed by atoms with Crippen molar-refractivity contribution in [3.05, 3.63) is 88.6 Å². The lowest BCUT2D eigenvalue weighted by atomic mass is 9.98. The Morgan fingerprint density at radius 1 is 1.10 bits per heavy atom. The van der Waals surface area contributed by atoms with Crippen LogP contribution < -0.4 is 10.3 Å². The first-order valence-corrected chi connectivity index (χ1v) is 13.2. The predicted octanol–water partition coefficient (Wildman–Crippen LogP) is 4.31. The molecule has 0 spiro atoms. The second-order valence-corrected chi connectivity index (χ2v) is 10.2. The van der Waals surface area contributed by atoms with Crippen molar-refractivity contribution in [3.8, 4) is 23.2 Å². The summed E-state index contributed by atoms with van der Waals surface area (Å²) in [7, 11) is 2.16. The number of piperidine rings is 1. The number of rotatable bonds is 6. The summed E-state index contributed by atoms with van der Waals surface area (Å²) in [6.45, 7) is 4.88. The smallest absolute Gasteiger partial charge is 0.255 e. The van der Waals surface area contributed by atoms with Crippen LogP contribution in [0.1, 0.15) is 36.9 Å². The molecule has 0 saturated carbocycles. The fourth-order valence-electron chi connectivity index (χ4n) is 5.22. The number of aromatic nitrogens is 5. The van der Waals surface area contributed by atoms with Crippen LogP contribution in [0.15, 0.2) is 71.9 Å². The normalized spacial score (nSPS) is 15.4. The Hall–Kier alpha value is -4.55. The van der Waals surface area contributed by atoms with E-state index in [1.54, 1.807) is 41.4 Å². The van der Waals surface area contributed by atoms with Crippen LogP contribution >= 0.6 is 0 Å². The van der Waals surface area contributed by atoms with Crippen LogP contribution in [0.4, 0.5) is 0 Å². The highest BCUT2D eigenvalue weighted by Gasteiger charge is 2.19. The minimum atomic E-state index is -0.300. The SMILES string of the molecule is CC(c1cccc(-c2ncc(OCC3CCN(C)CC3)cn2)c1)n1c(=O)ccn2c3cc(C#N)ccc3nc12. The van der Waals surface area contributed by atoms with Gasteiger partial charge in [0.2, 0.25) is 5.78 Å². The fraction of sp³-hybridized carbons (Fsp3) is 0.300. The van der Waals surface area contributed by atoms with Gasteiger partial charge < -0.3 is 9.64 Å². The molecule has 196 valence electrons. The highest BCUT2D eigenvalue weighted by atomic mass is 16.5. The molecule has 0 N–H and O–H groups in total. The standard InChI is InChI=1S/C30H29N7O2/c1-20(37-28(38)10-13-36-27-14-22(16-31)6-7-26(27)34-30(36)37)23-4-3-5-24(15-23)29-32-17-25(18-33-29)39-19-21-8-11-35(2)12-9-21/h3-7,10,13-15,17-18,20-21H,8-9,11-12,19H2,1-2H3. The number of benzene rings is 2. The molecule has 9 nitrogen and oxygen atoms in total. The van der Waals surface area contributed by atoms with E-state index in [4.69, 9.17) is 9.72 Å². The van der Waals surface area contributed by atoms with Crippen molar-refractivity contribution >= 4 is 16.8 Å². The maximum Gasteiger partial charge on any atom is 0.255 e. The lowest BCUT2D eigenvalue weighted by Gasteiger charge is -2.28. The van der Waals surface area contributed by atoms with Crippen molar-refractivity contribution in [3.63, 3.8) is 0 Å². The van der Waals surface area contributed by atoms with Crippen LogP contribution in [0.3, 0.4) is 0 Å². The first-order chi connectivity index (χ1) is 19.0. The van der Waals surface area contributed by atoms with Gasteiger partial charge in [-0.25, -0.2) is 15.0 Å². The van der Waals surface area contributed by atoms with Crippen LogP contribution in [0, 0.1) is 17.2 Å². The molecule has 1 aliphatic rings. The monoisotopic (exact) mass is 519 g/mol. The van der Waals surface area contributed by atoms with Crippen molar-refractivity contribution in [2.24, 2.45) is 5.92 Å². The zero-order chi connectivity index (χ0) is 26.9. The van der Waals surface area contributed by atoms with E-state index in [-0.39, 0.29) is 11.6 Å². The van der Waals surface area contributed by atoms with E-state index in [1.165, 1.54) is 6.07 Å². The summed E-state index contributed by atoms with van der Waals surface area (Å²) in [5.41, 5.74) is 3.68. The van der Waals surface area contributed by atoms with Gasteiger partial charge in [0.25, 0.3) is 5.56 Å². The third-order valence-electron chi connectivity index (χ3n) is 7.59. The first kappa shape index (κ1) is 24.8. The maximum atomic E-state index is 13.0. The van der Waals surface area contributed by atoms with Crippen LogP contribution in [0.5, 0.6) is 5.75 Å². The summed E-state index contributed by atoms with van der Waals surface area (Å²) in [5.74, 6) is 2.35. The zero-order valence-corrected chi connectivity index (χ0v) is 22.0. The Kier molecular flexibility index (Phi) is 6.55. The quantitative estimate of drug-likeness (QED) is 0.329. The summed E-state index contributed by atoms with van der Waals surface area (Å²) < 4.78 is 9.50. The van der Waals surface area contributed by atoms with Gasteiger partial charge in [-0.05, 0) is 75.6 Å². The van der Waals surface area contributed by atoms with Gasteiger partial charge in [-0.2, -0.15) is 5.26 Å². The van der Waals surface area contributed by atoms with Crippen LogP contribution in [0.25, 0.3) is 28.2 Å². The van der Waals surface area contributed by atoms with Crippen molar-refractivity contribution < 1.29 is 4.74 Å². The summed E-state index contributed by atoms with van der Waals surface area (Å²) in [6.07, 6.45) is 7.45. The molecule has 1 aliphatic heterocycles. The zero-order valence-electron chi connectivity index (χ0n) is 22.0. The molecule has 39 heavy (non-hydrogen) atoms. The summed E-state index contributed by atoms with van der Waals surface area (Å²) in [6, 6.07) is 16.6. The molecule has 1 atom stereocenters. The minimum Gasteiger partial charge on any atom is -0.490 e. The van der Waals surface area contributed by atoms with E-state index in [0.717, 1.165) is 48.1 Å². The van der Waals surface area contributed by atoms with Crippen LogP contribution in [0.2, 0.25) is 0 Å². The molecule has 0 radical (unpaired) electrons. The fourth-order valence-corrected chi connectivity index (χ4v) is 5.22. The molecule has 0 aliphatic carbocycles. The molecule has 0 amide bonds. The summed E-state index contributed by atoms with van der Waals surface area (Å²) >= 11 is 0. The topological polar surface area (TPSA) is 101 Å². The van der Waals surface area contributed by atoms with Crippen LogP contribution in [-0.2, 0) is 0 Å². The molecule has 2 aromatic carbocycles. The first-order valence-electron chi connectivity index (χ1n) is 13.2. The van der Waals surface area contributed by atoms with E-state index >= 15 is 0 Å². The average molecular weight is 520 g/mol. The minimum absolute atomic E-state index is 0.154. The molecule has 1 unspecified atom stereocenters. The second-order valence-electron chi connectivity index (χ2n) is 10.2. The maximum absolute atomic E-state index is 13.0. The van der Waals surface area contributed by atoms with Crippen molar-refractivity contribution in [2.45, 2.75) is 25.8 Å². The molecule has 5 aromatic rings. The highest BCUT2D eigenvalue weighted by Crippen LogP contribution is 2.26. The molecular formula is C30H29N7O2. The number of nitriles is 1. The number of imidazole rings is 1. The van der Waals surface area contributed by atoms with Gasteiger partial charge in [0.05, 0.1) is 47.7 Å². The molecule has 0 bridgehead atoms. The number of ether oxygens (including phenoxy) is 1. The van der Waals surface area contributed by atoms with Gasteiger partial charge >= 0.3 is 0 Å². The number of hydrogen-bond donors (Lipinski definition) is 0. The van der Waals surface area contributed by atoms with Gasteiger partial charge in [0.1, 0.15) is 0 Å². The molecule has 1 fully saturated rings. The van der Waals surface area contributed by atoms with E-state index in [1.807, 2.05) is 35.6 Å². The molecular weight excluding hydrogens is 490 g/mol. The molecule has 4 heterocycles. The Bertz CT molecular complexity index is 1740. The van der Waals surface area contributed by atoms with Crippen molar-refractivity contribution in [2.75, 3.05) is 26.7 Å². The predicted molar refractivity (Wildman–Crippen MR) is 149 cm³/mol. The third-order valence-corrected chi connectivity index (χ3v) is 7.59. The van der Waals surface area contributed by atoms with Crippen molar-refractivity contribution in [1.82, 2.24) is 28.8 Å². The Labute approximate surface area is 226 Å². The lowest BCUT2D eigenvalue weighted by Crippen LogP contribution is -2.32. The molecule has 3 aromatic heterocycles. The molecule has 9 heteroatoms. The summed E-state index contributed by atoms with van der Waals surface area (Å²) in [5, 5.41) is 9.31. The van der Waals surface area contributed by atoms with Gasteiger partial charge in [-0.15, -0.1) is 0 Å². The van der Waals surface area contributed by atoms with E-state index in [9.17, 15) is 10.1 Å². The number of likely N-dealkylation sites (tertiary alicyclic amines) is 1. The van der Waals surface area contributed by atoms with E-state index in [2.05, 4.69) is 28.0 Å². The Morgan fingerprint density at radius 3 is 2.67 bits per heavy atom. The Morgan fingerprint density at radius 2 is 1.90 bits per heavy atom. The van der Waals surface area contributed by atoms with E-state index in [0.29, 0.717) is 35.4 Å². The van der Waals surface area contributed by atoms with Crippen molar-refractivity contribution in [1.29, 1.82) is 5.26 Å². The van der Waals surface area contributed by atoms with Crippen LogP contribution in [-0.4, -0.2) is 55.6 Å². The second kappa shape index (κ2) is 10.3. The highest BCUT2D eigenvalue weighted by molar-refractivity contribution is 5.81. The number of fused-ring (bicyclic) bond motifs is 3. The number of nitrogens with zero attached hydrogens (tertiary/aromatic N) is 7. The number of hydrogen-bond acceptors (Lipinski definition) is 7.